The Kier molecular flexibility index (Phi) is 6.60. The molecule has 0 bridgehead atoms. The van der Waals surface area contributed by atoms with Gasteiger partial charge in [-0.15, -0.1) is 0 Å². The Bertz CT molecular complexity index is 1740. The van der Waals surface area contributed by atoms with E-state index >= 15 is 0 Å². The Morgan fingerprint density at radius 2 is 1.07 bits per heavy atom. The lowest BCUT2D eigenvalue weighted by atomic mass is 10.1. The first-order valence-corrected chi connectivity index (χ1v) is 12.8. The van der Waals surface area contributed by atoms with Crippen molar-refractivity contribution in [1.29, 1.82) is 0 Å². The fourth-order valence-corrected chi connectivity index (χ4v) is 4.74. The Labute approximate surface area is 231 Å². The van der Waals surface area contributed by atoms with Crippen LogP contribution in [0.3, 0.4) is 0 Å². The minimum Gasteiger partial charge on any atom is -0.245 e. The van der Waals surface area contributed by atoms with Crippen LogP contribution in [0.25, 0.3) is 33.8 Å². The third-order valence-corrected chi connectivity index (χ3v) is 6.84. The summed E-state index contributed by atoms with van der Waals surface area (Å²) in [5.41, 5.74) is 13.2. The topological polar surface area (TPSA) is 82.4 Å². The molecule has 0 saturated heterocycles. The number of imidazole rings is 2. The minimum atomic E-state index is -0.527. The third kappa shape index (κ3) is 4.95. The van der Waals surface area contributed by atoms with E-state index in [9.17, 15) is 4.79 Å². The van der Waals surface area contributed by atoms with Crippen LogP contribution >= 0.6 is 0 Å². The number of rotatable bonds is 6. The standard InChI is InChI=1S/C31H27N8O/c1-36-27(21-38-17-5-3-7-29(36)38)25-13-9-23(10-14-25)19-32-34-31(40)35-33-20-24-11-15-26(16-12-24)28-22-39-18-6-4-8-30(39)37(28)2/h3-22H,1-2H3,(H-,34,35,40)/q+1/p+1/b32-19-,33-20+. The first kappa shape index (κ1) is 24.7. The van der Waals surface area contributed by atoms with Gasteiger partial charge in [-0.05, 0) is 47.5 Å². The largest absolute Gasteiger partial charge is 0.355 e. The fourth-order valence-electron chi connectivity index (χ4n) is 4.74. The second-order valence-electron chi connectivity index (χ2n) is 9.39. The third-order valence-electron chi connectivity index (χ3n) is 6.84. The number of nitrogens with one attached hydrogen (secondary N) is 2. The number of benzene rings is 2. The van der Waals surface area contributed by atoms with Crippen LogP contribution in [0.15, 0.2) is 120 Å². The summed E-state index contributed by atoms with van der Waals surface area (Å²) in [4.78, 5) is 12.1. The Balaban J connectivity index is 1.02. The quantitative estimate of drug-likeness (QED) is 0.192. The van der Waals surface area contributed by atoms with Crippen molar-refractivity contribution in [3.63, 3.8) is 0 Å². The summed E-state index contributed by atoms with van der Waals surface area (Å²) in [7, 11) is 4.09. The molecule has 0 radical (unpaired) electrons. The molecule has 9 nitrogen and oxygen atoms in total. The van der Waals surface area contributed by atoms with Crippen LogP contribution in [0.2, 0.25) is 0 Å². The van der Waals surface area contributed by atoms with E-state index in [-0.39, 0.29) is 0 Å². The SMILES string of the molecule is C[n+]1c(-c2ccc(/C=N\NC(=O)N/N=C/c3ccc(-c4cn5ccccc5[n+]4C)cc3)cc2)cn2ccccc21. The number of pyridine rings is 2. The molecule has 9 heteroatoms. The Hall–Kier alpha value is -5.57. The molecule has 0 atom stereocenters. The zero-order valence-corrected chi connectivity index (χ0v) is 22.1. The summed E-state index contributed by atoms with van der Waals surface area (Å²) >= 11 is 0. The van der Waals surface area contributed by atoms with Gasteiger partial charge in [-0.1, -0.05) is 36.4 Å². The first-order chi connectivity index (χ1) is 19.6. The lowest BCUT2D eigenvalue weighted by Crippen LogP contribution is -2.29. The molecule has 6 rings (SSSR count). The second kappa shape index (κ2) is 10.7. The average Bonchev–Trinajstić information content (AvgIpc) is 3.51. The molecule has 0 saturated carbocycles. The van der Waals surface area contributed by atoms with Crippen LogP contribution in [-0.2, 0) is 14.1 Å². The van der Waals surface area contributed by atoms with Gasteiger partial charge in [0, 0.05) is 23.3 Å². The molecule has 0 aliphatic rings. The minimum absolute atomic E-state index is 0.527. The maximum atomic E-state index is 12.1. The lowest BCUT2D eigenvalue weighted by molar-refractivity contribution is -0.633. The van der Waals surface area contributed by atoms with E-state index in [1.165, 1.54) is 0 Å². The molecule has 4 aromatic heterocycles. The zero-order chi connectivity index (χ0) is 27.5. The predicted octanol–water partition coefficient (Wildman–Crippen LogP) is 3.84. The summed E-state index contributed by atoms with van der Waals surface area (Å²) in [6.45, 7) is 0. The van der Waals surface area contributed by atoms with Gasteiger partial charge in [-0.2, -0.15) is 10.2 Å². The summed E-state index contributed by atoms with van der Waals surface area (Å²) in [5, 5.41) is 8.04. The molecule has 196 valence electrons. The molecular formula is C31H28N8O+2. The lowest BCUT2D eigenvalue weighted by Gasteiger charge is -2.00. The van der Waals surface area contributed by atoms with Gasteiger partial charge in [0.05, 0.1) is 38.9 Å². The molecule has 0 aliphatic heterocycles. The number of carbonyl (C=O) groups is 1. The van der Waals surface area contributed by atoms with Crippen LogP contribution in [0.5, 0.6) is 0 Å². The van der Waals surface area contributed by atoms with Crippen molar-refractivity contribution in [1.82, 2.24) is 19.7 Å². The second-order valence-corrected chi connectivity index (χ2v) is 9.39. The van der Waals surface area contributed by atoms with E-state index in [2.05, 4.69) is 63.5 Å². The van der Waals surface area contributed by atoms with Gasteiger partial charge < -0.3 is 0 Å². The summed E-state index contributed by atoms with van der Waals surface area (Å²) in [6.07, 6.45) is 11.4. The predicted molar refractivity (Wildman–Crippen MR) is 155 cm³/mol. The molecule has 6 aromatic rings. The number of carbonyl (C=O) groups excluding carboxylic acids is 1. The number of amides is 2. The van der Waals surface area contributed by atoms with Crippen LogP contribution in [0.4, 0.5) is 4.79 Å². The molecule has 0 spiro atoms. The molecule has 0 fully saturated rings. The van der Waals surface area contributed by atoms with Crippen molar-refractivity contribution in [2.24, 2.45) is 24.3 Å². The molecule has 0 unspecified atom stereocenters. The van der Waals surface area contributed by atoms with Crippen LogP contribution in [-0.4, -0.2) is 27.3 Å². The normalized spacial score (nSPS) is 11.7. The molecule has 0 aliphatic carbocycles. The van der Waals surface area contributed by atoms with Gasteiger partial charge in [0.2, 0.25) is 0 Å². The summed E-state index contributed by atoms with van der Waals surface area (Å²) in [5.74, 6) is 0. The van der Waals surface area contributed by atoms with Crippen LogP contribution in [0, 0.1) is 0 Å². The van der Waals surface area contributed by atoms with Gasteiger partial charge >= 0.3 is 6.03 Å². The van der Waals surface area contributed by atoms with E-state index < -0.39 is 6.03 Å². The van der Waals surface area contributed by atoms with Crippen molar-refractivity contribution >= 4 is 29.8 Å². The van der Waals surface area contributed by atoms with Crippen molar-refractivity contribution < 1.29 is 13.9 Å². The van der Waals surface area contributed by atoms with Crippen LogP contribution < -0.4 is 20.0 Å². The Morgan fingerprint density at radius 3 is 1.48 bits per heavy atom. The smallest absolute Gasteiger partial charge is 0.245 e. The van der Waals surface area contributed by atoms with Crippen molar-refractivity contribution in [2.75, 3.05) is 0 Å². The van der Waals surface area contributed by atoms with E-state index in [0.29, 0.717) is 0 Å². The number of fused-ring (bicyclic) bond motifs is 2. The van der Waals surface area contributed by atoms with Gasteiger partial charge in [-0.25, -0.2) is 33.6 Å². The van der Waals surface area contributed by atoms with Gasteiger partial charge in [0.1, 0.15) is 12.4 Å². The maximum absolute atomic E-state index is 12.1. The molecule has 2 aromatic carbocycles. The first-order valence-electron chi connectivity index (χ1n) is 12.8. The van der Waals surface area contributed by atoms with Crippen molar-refractivity contribution in [3.8, 4) is 22.5 Å². The number of aryl methyl sites for hydroxylation is 2. The summed E-state index contributed by atoms with van der Waals surface area (Å²) in [6, 6.07) is 27.7. The molecular weight excluding hydrogens is 500 g/mol. The van der Waals surface area contributed by atoms with E-state index in [1.54, 1.807) is 12.4 Å². The highest BCUT2D eigenvalue weighted by Crippen LogP contribution is 2.19. The van der Waals surface area contributed by atoms with Crippen molar-refractivity contribution in [2.45, 2.75) is 0 Å². The molecule has 2 N–H and O–H groups in total. The number of hydrazone groups is 2. The van der Waals surface area contributed by atoms with E-state index in [1.807, 2.05) is 99.3 Å². The Morgan fingerprint density at radius 1 is 0.650 bits per heavy atom. The average molecular weight is 529 g/mol. The highest BCUT2D eigenvalue weighted by atomic mass is 16.2. The molecule has 4 heterocycles. The van der Waals surface area contributed by atoms with Crippen LogP contribution in [0.1, 0.15) is 11.1 Å². The van der Waals surface area contributed by atoms with E-state index in [4.69, 9.17) is 0 Å². The fraction of sp³-hybridized carbons (Fsp3) is 0.0645. The highest BCUT2D eigenvalue weighted by Gasteiger charge is 2.16. The number of hydrogen-bond acceptors (Lipinski definition) is 3. The number of urea groups is 1. The van der Waals surface area contributed by atoms with E-state index in [0.717, 1.165) is 44.9 Å². The monoisotopic (exact) mass is 528 g/mol. The molecule has 40 heavy (non-hydrogen) atoms. The maximum Gasteiger partial charge on any atom is 0.355 e. The highest BCUT2D eigenvalue weighted by molar-refractivity contribution is 5.84. The molecule has 2 amide bonds. The van der Waals surface area contributed by atoms with Crippen molar-refractivity contribution in [3.05, 3.63) is 121 Å². The number of aromatic nitrogens is 4. The summed E-state index contributed by atoms with van der Waals surface area (Å²) < 4.78 is 8.48. The van der Waals surface area contributed by atoms with Gasteiger partial charge in [0.25, 0.3) is 11.3 Å². The number of hydrogen-bond donors (Lipinski definition) is 2. The zero-order valence-electron chi connectivity index (χ0n) is 22.1. The van der Waals surface area contributed by atoms with Gasteiger partial charge in [0.15, 0.2) is 11.4 Å². The van der Waals surface area contributed by atoms with Gasteiger partial charge in [-0.3, -0.25) is 0 Å². The number of nitrogens with zero attached hydrogens (tertiary/aromatic N) is 6.